The Bertz CT molecular complexity index is 142. The van der Waals surface area contributed by atoms with Crippen molar-refractivity contribution in [2.75, 3.05) is 20.8 Å². The van der Waals surface area contributed by atoms with Crippen LogP contribution in [0.3, 0.4) is 0 Å². The fourth-order valence-corrected chi connectivity index (χ4v) is 1.86. The summed E-state index contributed by atoms with van der Waals surface area (Å²) in [4.78, 5) is 0. The average molecular weight is 187 g/mol. The van der Waals surface area contributed by atoms with Crippen molar-refractivity contribution >= 4 is 0 Å². The van der Waals surface area contributed by atoms with Gasteiger partial charge in [-0.25, -0.2) is 0 Å². The van der Waals surface area contributed by atoms with E-state index in [1.807, 2.05) is 0 Å². The van der Waals surface area contributed by atoms with Crippen molar-refractivity contribution in [2.24, 2.45) is 11.1 Å². The van der Waals surface area contributed by atoms with E-state index in [4.69, 9.17) is 15.2 Å². The molecule has 1 rings (SSSR count). The zero-order valence-corrected chi connectivity index (χ0v) is 8.71. The van der Waals surface area contributed by atoms with Crippen molar-refractivity contribution in [2.45, 2.75) is 38.4 Å². The van der Waals surface area contributed by atoms with Gasteiger partial charge in [-0.2, -0.15) is 0 Å². The summed E-state index contributed by atoms with van der Waals surface area (Å²) < 4.78 is 10.3. The Morgan fingerprint density at radius 2 is 1.85 bits per heavy atom. The van der Waals surface area contributed by atoms with E-state index in [0.29, 0.717) is 5.41 Å². The third-order valence-electron chi connectivity index (χ3n) is 3.07. The number of hydrogen-bond acceptors (Lipinski definition) is 3. The minimum atomic E-state index is -0.0322. The second kappa shape index (κ2) is 4.94. The summed E-state index contributed by atoms with van der Waals surface area (Å²) >= 11 is 0. The molecule has 1 aliphatic rings. The molecule has 78 valence electrons. The predicted octanol–water partition coefficient (Wildman–Crippen LogP) is 1.51. The van der Waals surface area contributed by atoms with Crippen molar-refractivity contribution in [1.82, 2.24) is 0 Å². The summed E-state index contributed by atoms with van der Waals surface area (Å²) in [7, 11) is 3.38. The number of ether oxygens (including phenoxy) is 2. The molecule has 0 aliphatic heterocycles. The third-order valence-corrected chi connectivity index (χ3v) is 3.07. The molecule has 13 heavy (non-hydrogen) atoms. The van der Waals surface area contributed by atoms with Crippen molar-refractivity contribution in [3.8, 4) is 0 Å². The minimum absolute atomic E-state index is 0.0322. The average Bonchev–Trinajstić information content (AvgIpc) is 2.88. The first-order valence-corrected chi connectivity index (χ1v) is 5.02. The molecule has 0 spiro atoms. The van der Waals surface area contributed by atoms with Gasteiger partial charge >= 0.3 is 0 Å². The van der Waals surface area contributed by atoms with Gasteiger partial charge in [-0.05, 0) is 44.1 Å². The highest BCUT2D eigenvalue weighted by atomic mass is 16.7. The summed E-state index contributed by atoms with van der Waals surface area (Å²) in [5.41, 5.74) is 6.11. The van der Waals surface area contributed by atoms with Gasteiger partial charge in [0.1, 0.15) is 0 Å². The zero-order valence-electron chi connectivity index (χ0n) is 8.71. The molecule has 2 N–H and O–H groups in total. The van der Waals surface area contributed by atoms with Crippen molar-refractivity contribution in [1.29, 1.82) is 0 Å². The van der Waals surface area contributed by atoms with Gasteiger partial charge in [0.15, 0.2) is 6.29 Å². The smallest absolute Gasteiger partial charge is 0.156 e. The largest absolute Gasteiger partial charge is 0.356 e. The number of methoxy groups -OCH3 is 2. The number of rotatable bonds is 7. The van der Waals surface area contributed by atoms with E-state index >= 15 is 0 Å². The normalized spacial score (nSPS) is 19.4. The maximum atomic E-state index is 5.56. The molecule has 1 aliphatic carbocycles. The van der Waals surface area contributed by atoms with E-state index in [9.17, 15) is 0 Å². The standard InChI is InChI=1S/C10H21NO2/c1-12-9(13-2)3-4-10(5-6-10)7-8-11/h9H,3-8,11H2,1-2H3. The maximum absolute atomic E-state index is 5.56. The topological polar surface area (TPSA) is 44.5 Å². The summed E-state index contributed by atoms with van der Waals surface area (Å²) in [6, 6.07) is 0. The van der Waals surface area contributed by atoms with E-state index in [-0.39, 0.29) is 6.29 Å². The van der Waals surface area contributed by atoms with E-state index in [1.54, 1.807) is 14.2 Å². The lowest BCUT2D eigenvalue weighted by Gasteiger charge is -2.18. The summed E-state index contributed by atoms with van der Waals surface area (Å²) in [6.45, 7) is 0.810. The zero-order chi connectivity index (χ0) is 9.73. The summed E-state index contributed by atoms with van der Waals surface area (Å²) in [6.07, 6.45) is 5.99. The molecule has 0 amide bonds. The van der Waals surface area contributed by atoms with Gasteiger partial charge in [0.25, 0.3) is 0 Å². The third kappa shape index (κ3) is 3.25. The monoisotopic (exact) mass is 187 g/mol. The first kappa shape index (κ1) is 11.0. The molecular formula is C10H21NO2. The lowest BCUT2D eigenvalue weighted by atomic mass is 9.96. The van der Waals surface area contributed by atoms with Gasteiger partial charge in [-0.1, -0.05) is 0 Å². The van der Waals surface area contributed by atoms with Gasteiger partial charge in [0, 0.05) is 14.2 Å². The molecule has 0 aromatic heterocycles. The van der Waals surface area contributed by atoms with Gasteiger partial charge in [-0.3, -0.25) is 0 Å². The Morgan fingerprint density at radius 3 is 2.23 bits per heavy atom. The molecule has 1 saturated carbocycles. The van der Waals surface area contributed by atoms with Crippen molar-refractivity contribution < 1.29 is 9.47 Å². The fraction of sp³-hybridized carbons (Fsp3) is 1.00. The van der Waals surface area contributed by atoms with E-state index in [2.05, 4.69) is 0 Å². The van der Waals surface area contributed by atoms with Crippen LogP contribution in [-0.4, -0.2) is 27.1 Å². The Hall–Kier alpha value is -0.120. The van der Waals surface area contributed by atoms with Crippen LogP contribution in [0, 0.1) is 5.41 Å². The van der Waals surface area contributed by atoms with Crippen LogP contribution < -0.4 is 5.73 Å². The highest BCUT2D eigenvalue weighted by Crippen LogP contribution is 2.52. The van der Waals surface area contributed by atoms with E-state index < -0.39 is 0 Å². The second-order valence-electron chi connectivity index (χ2n) is 3.98. The molecule has 0 aromatic carbocycles. The van der Waals surface area contributed by atoms with Crippen LogP contribution in [0.15, 0.2) is 0 Å². The molecule has 0 atom stereocenters. The van der Waals surface area contributed by atoms with Gasteiger partial charge in [0.05, 0.1) is 0 Å². The van der Waals surface area contributed by atoms with Crippen LogP contribution >= 0.6 is 0 Å². The maximum Gasteiger partial charge on any atom is 0.156 e. The predicted molar refractivity (Wildman–Crippen MR) is 52.4 cm³/mol. The summed E-state index contributed by atoms with van der Waals surface area (Å²) in [5.74, 6) is 0. The first-order chi connectivity index (χ1) is 6.26. The Kier molecular flexibility index (Phi) is 4.16. The molecular weight excluding hydrogens is 166 g/mol. The number of nitrogens with two attached hydrogens (primary N) is 1. The quantitative estimate of drug-likeness (QED) is 0.614. The Labute approximate surface area is 80.6 Å². The van der Waals surface area contributed by atoms with Crippen molar-refractivity contribution in [3.63, 3.8) is 0 Å². The van der Waals surface area contributed by atoms with Gasteiger partial charge in [-0.15, -0.1) is 0 Å². The van der Waals surface area contributed by atoms with Crippen LogP contribution in [0.1, 0.15) is 32.1 Å². The van der Waals surface area contributed by atoms with Crippen molar-refractivity contribution in [3.05, 3.63) is 0 Å². The molecule has 1 fully saturated rings. The Morgan fingerprint density at radius 1 is 1.23 bits per heavy atom. The van der Waals surface area contributed by atoms with Crippen LogP contribution in [-0.2, 0) is 9.47 Å². The minimum Gasteiger partial charge on any atom is -0.356 e. The van der Waals surface area contributed by atoms with Crippen LogP contribution in [0.25, 0.3) is 0 Å². The fourth-order valence-electron chi connectivity index (χ4n) is 1.86. The van der Waals surface area contributed by atoms with Crippen LogP contribution in [0.4, 0.5) is 0 Å². The molecule has 0 bridgehead atoms. The molecule has 0 heterocycles. The molecule has 0 unspecified atom stereocenters. The highest BCUT2D eigenvalue weighted by molar-refractivity contribution is 4.92. The molecule has 3 heteroatoms. The molecule has 0 aromatic rings. The first-order valence-electron chi connectivity index (χ1n) is 5.02. The van der Waals surface area contributed by atoms with E-state index in [0.717, 1.165) is 19.4 Å². The van der Waals surface area contributed by atoms with Gasteiger partial charge < -0.3 is 15.2 Å². The molecule has 3 nitrogen and oxygen atoms in total. The lowest BCUT2D eigenvalue weighted by Crippen LogP contribution is -2.17. The lowest BCUT2D eigenvalue weighted by molar-refractivity contribution is -0.109. The molecule has 0 radical (unpaired) electrons. The summed E-state index contributed by atoms with van der Waals surface area (Å²) in [5, 5.41) is 0. The highest BCUT2D eigenvalue weighted by Gasteiger charge is 2.41. The number of hydrogen-bond donors (Lipinski definition) is 1. The van der Waals surface area contributed by atoms with Gasteiger partial charge in [0.2, 0.25) is 0 Å². The SMILES string of the molecule is COC(CCC1(CCN)CC1)OC. The molecule has 0 saturated heterocycles. The van der Waals surface area contributed by atoms with Crippen LogP contribution in [0.5, 0.6) is 0 Å². The second-order valence-corrected chi connectivity index (χ2v) is 3.98. The Balaban J connectivity index is 2.17. The van der Waals surface area contributed by atoms with Crippen LogP contribution in [0.2, 0.25) is 0 Å². The van der Waals surface area contributed by atoms with E-state index in [1.165, 1.54) is 19.3 Å².